The van der Waals surface area contributed by atoms with Crippen molar-refractivity contribution in [1.82, 2.24) is 9.97 Å². The third kappa shape index (κ3) is 6.35. The van der Waals surface area contributed by atoms with Crippen molar-refractivity contribution in [3.8, 4) is 33.6 Å². The average Bonchev–Trinajstić information content (AvgIpc) is 3.08. The monoisotopic (exact) mass is 767 g/mol. The number of nitrogens with zero attached hydrogens (tertiary/aromatic N) is 2. The van der Waals surface area contributed by atoms with Crippen LogP contribution in [0, 0.1) is 12.1 Å². The van der Waals surface area contributed by atoms with E-state index in [1.165, 1.54) is 60.8 Å². The molecule has 4 aliphatic carbocycles. The minimum atomic E-state index is 0. The van der Waals surface area contributed by atoms with E-state index in [1.807, 2.05) is 24.4 Å². The topological polar surface area (TPSA) is 25.8 Å². The molecule has 2 aromatic heterocycles. The molecule has 2 nitrogen and oxygen atoms in total. The van der Waals surface area contributed by atoms with Crippen LogP contribution in [0.1, 0.15) is 100 Å². The van der Waals surface area contributed by atoms with Gasteiger partial charge in [0.2, 0.25) is 0 Å². The van der Waals surface area contributed by atoms with E-state index in [-0.39, 0.29) is 30.9 Å². The summed E-state index contributed by atoms with van der Waals surface area (Å²) in [5.74, 6) is 1.54. The molecule has 3 aromatic carbocycles. The van der Waals surface area contributed by atoms with Crippen molar-refractivity contribution < 1.29 is 20.1 Å². The average molecular weight is 767 g/mol. The van der Waals surface area contributed by atoms with E-state index >= 15 is 0 Å². The van der Waals surface area contributed by atoms with Crippen LogP contribution in [0.5, 0.6) is 0 Å². The first-order valence-corrected chi connectivity index (χ1v) is 16.3. The summed E-state index contributed by atoms with van der Waals surface area (Å²) in [7, 11) is 0. The molecule has 1 saturated carbocycles. The molecule has 3 heteroatoms. The van der Waals surface area contributed by atoms with Gasteiger partial charge < -0.3 is 9.97 Å². The Morgan fingerprint density at radius 1 is 0.622 bits per heavy atom. The number of benzene rings is 3. The molecule has 5 aromatic rings. The van der Waals surface area contributed by atoms with Crippen molar-refractivity contribution in [1.29, 1.82) is 0 Å². The summed E-state index contributed by atoms with van der Waals surface area (Å²) in [6.45, 7) is 9.35. The molecule has 0 atom stereocenters. The molecular weight excluding hydrogens is 725 g/mol. The molecule has 4 aliphatic rings. The predicted octanol–water partition coefficient (Wildman–Crippen LogP) is 10.9. The van der Waals surface area contributed by atoms with Crippen LogP contribution in [0.2, 0.25) is 0 Å². The molecule has 231 valence electrons. The van der Waals surface area contributed by atoms with Gasteiger partial charge in [-0.05, 0) is 82.1 Å². The number of rotatable bonds is 3. The van der Waals surface area contributed by atoms with Gasteiger partial charge in [0, 0.05) is 32.5 Å². The molecule has 0 N–H and O–H groups in total. The van der Waals surface area contributed by atoms with Gasteiger partial charge in [0.25, 0.3) is 0 Å². The van der Waals surface area contributed by atoms with E-state index in [0.29, 0.717) is 0 Å². The standard InChI is InChI=1S/C23H20N.C19H22N.Ir/c1-2-4-16(5-3-1)19-12-13-24-23(15-19)20-10-11-21-17-6-8-18(9-7-17)22(21)14-20;1-18(2)10-11-19(3,4)16-13-20-17(12-15(16)18)14-8-6-5-7-9-14;/h1-5,11-15,17-18H,6-9H2;5-8,12-13H,10-11H2,1-4H3;/q2*-1;. The van der Waals surface area contributed by atoms with Crippen LogP contribution in [0.3, 0.4) is 0 Å². The fraction of sp³-hybridized carbons (Fsp3) is 0.333. The van der Waals surface area contributed by atoms with Gasteiger partial charge in [0.1, 0.15) is 0 Å². The first-order valence-electron chi connectivity index (χ1n) is 16.3. The van der Waals surface area contributed by atoms with Crippen LogP contribution in [0.25, 0.3) is 33.6 Å². The Labute approximate surface area is 283 Å². The van der Waals surface area contributed by atoms with Gasteiger partial charge in [-0.15, -0.1) is 70.8 Å². The van der Waals surface area contributed by atoms with E-state index in [0.717, 1.165) is 34.4 Å². The van der Waals surface area contributed by atoms with Gasteiger partial charge in [-0.3, -0.25) is 0 Å². The van der Waals surface area contributed by atoms with Gasteiger partial charge >= 0.3 is 0 Å². The molecule has 0 aliphatic heterocycles. The van der Waals surface area contributed by atoms with Crippen molar-refractivity contribution in [3.05, 3.63) is 132 Å². The zero-order chi connectivity index (χ0) is 30.3. The molecular formula is C42H42IrN2-2. The SMILES string of the molecule is CC1(C)CCC(C)(C)c2cc(-c3[c-]cccc3)ncc21.[Ir].[c-]1cc2c(cc1-c1cc(-c3ccccc3)ccn1)C1CCC2CC1. The first-order chi connectivity index (χ1) is 21.3. The van der Waals surface area contributed by atoms with E-state index < -0.39 is 0 Å². The molecule has 0 unspecified atom stereocenters. The minimum absolute atomic E-state index is 0. The zero-order valence-electron chi connectivity index (χ0n) is 26.9. The maximum atomic E-state index is 4.69. The Morgan fingerprint density at radius 2 is 1.29 bits per heavy atom. The summed E-state index contributed by atoms with van der Waals surface area (Å²) in [5.41, 5.74) is 13.2. The van der Waals surface area contributed by atoms with E-state index in [1.54, 1.807) is 11.1 Å². The summed E-state index contributed by atoms with van der Waals surface area (Å²) in [4.78, 5) is 9.31. The second-order valence-corrected chi connectivity index (χ2v) is 14.3. The molecule has 1 radical (unpaired) electrons. The van der Waals surface area contributed by atoms with Crippen LogP contribution in [0.15, 0.2) is 97.3 Å². The molecule has 45 heavy (non-hydrogen) atoms. The summed E-state index contributed by atoms with van der Waals surface area (Å²) < 4.78 is 0. The molecule has 0 amide bonds. The fourth-order valence-electron chi connectivity index (χ4n) is 7.63. The fourth-order valence-corrected chi connectivity index (χ4v) is 7.63. The Hall–Kier alpha value is -3.39. The van der Waals surface area contributed by atoms with E-state index in [9.17, 15) is 0 Å². The maximum absolute atomic E-state index is 4.69. The van der Waals surface area contributed by atoms with Crippen molar-refractivity contribution in [2.24, 2.45) is 0 Å². The number of fused-ring (bicyclic) bond motifs is 3. The van der Waals surface area contributed by atoms with Crippen LogP contribution >= 0.6 is 0 Å². The Morgan fingerprint density at radius 3 is 2.00 bits per heavy atom. The van der Waals surface area contributed by atoms with E-state index in [2.05, 4.69) is 118 Å². The van der Waals surface area contributed by atoms with Crippen LogP contribution in [0.4, 0.5) is 0 Å². The van der Waals surface area contributed by atoms with Crippen LogP contribution in [-0.4, -0.2) is 9.97 Å². The molecule has 2 bridgehead atoms. The summed E-state index contributed by atoms with van der Waals surface area (Å²) in [5, 5.41) is 0. The molecule has 9 rings (SSSR count). The second kappa shape index (κ2) is 12.8. The molecule has 0 spiro atoms. The minimum Gasteiger partial charge on any atom is -0.305 e. The summed E-state index contributed by atoms with van der Waals surface area (Å²) >= 11 is 0. The summed E-state index contributed by atoms with van der Waals surface area (Å²) in [6, 6.07) is 36.5. The van der Waals surface area contributed by atoms with Gasteiger partial charge in [-0.25, -0.2) is 0 Å². The van der Waals surface area contributed by atoms with Crippen molar-refractivity contribution in [2.45, 2.75) is 88.9 Å². The predicted molar refractivity (Wildman–Crippen MR) is 182 cm³/mol. The number of hydrogen-bond acceptors (Lipinski definition) is 2. The Bertz CT molecular complexity index is 1770. The first kappa shape index (κ1) is 31.6. The smallest absolute Gasteiger partial charge is 0.0201 e. The number of hydrogen-bond donors (Lipinski definition) is 0. The Kier molecular flexibility index (Phi) is 8.97. The number of aromatic nitrogens is 2. The van der Waals surface area contributed by atoms with Gasteiger partial charge in [-0.2, -0.15) is 0 Å². The van der Waals surface area contributed by atoms with Crippen molar-refractivity contribution >= 4 is 0 Å². The van der Waals surface area contributed by atoms with Crippen LogP contribution in [-0.2, 0) is 30.9 Å². The van der Waals surface area contributed by atoms with Gasteiger partial charge in [0.15, 0.2) is 0 Å². The normalized spacial score (nSPS) is 20.1. The quantitative estimate of drug-likeness (QED) is 0.171. The maximum Gasteiger partial charge on any atom is 0.0201 e. The molecule has 0 saturated heterocycles. The van der Waals surface area contributed by atoms with E-state index in [4.69, 9.17) is 4.98 Å². The third-order valence-electron chi connectivity index (χ3n) is 10.5. The summed E-state index contributed by atoms with van der Waals surface area (Å²) in [6.07, 6.45) is 11.9. The van der Waals surface area contributed by atoms with Gasteiger partial charge in [-0.1, -0.05) is 88.9 Å². The second-order valence-electron chi connectivity index (χ2n) is 14.3. The molecule has 2 heterocycles. The largest absolute Gasteiger partial charge is 0.305 e. The third-order valence-corrected chi connectivity index (χ3v) is 10.5. The number of pyridine rings is 2. The Balaban J connectivity index is 0.000000158. The van der Waals surface area contributed by atoms with Crippen molar-refractivity contribution in [3.63, 3.8) is 0 Å². The molecule has 1 fully saturated rings. The zero-order valence-corrected chi connectivity index (χ0v) is 29.3. The van der Waals surface area contributed by atoms with Crippen molar-refractivity contribution in [2.75, 3.05) is 0 Å². The van der Waals surface area contributed by atoms with Crippen LogP contribution < -0.4 is 0 Å². The van der Waals surface area contributed by atoms with Gasteiger partial charge in [0.05, 0.1) is 0 Å².